The molecule has 0 aliphatic rings. The molecule has 0 bridgehead atoms. The molecule has 1 aromatic heterocycles. The number of nitrogens with one attached hydrogen (secondary N) is 1. The molecule has 1 heterocycles. The first-order valence-corrected chi connectivity index (χ1v) is 8.50. The van der Waals surface area contributed by atoms with Gasteiger partial charge in [-0.05, 0) is 64.1 Å². The molecule has 1 aromatic carbocycles. The zero-order chi connectivity index (χ0) is 13.8. The lowest BCUT2D eigenvalue weighted by atomic mass is 10.0. The fraction of sp³-hybridized carbons (Fsp3) is 0.286. The summed E-state index contributed by atoms with van der Waals surface area (Å²) in [5, 5.41) is 5.46. The summed E-state index contributed by atoms with van der Waals surface area (Å²) in [6.45, 7) is 2.95. The van der Waals surface area contributed by atoms with E-state index in [4.69, 9.17) is 0 Å². The van der Waals surface area contributed by atoms with Crippen molar-refractivity contribution < 1.29 is 4.39 Å². The van der Waals surface area contributed by atoms with Crippen LogP contribution in [0.25, 0.3) is 0 Å². The standard InChI is InChI=1S/C14H14Br2FNS/c1-2-5-18-14(9-6-13(16)19-8-9)11-7-10(15)3-4-12(11)17/h3-4,6-8,14,18H,2,5H2,1H3. The van der Waals surface area contributed by atoms with E-state index in [0.717, 1.165) is 26.8 Å². The van der Waals surface area contributed by atoms with Gasteiger partial charge < -0.3 is 5.32 Å². The van der Waals surface area contributed by atoms with Crippen molar-refractivity contribution >= 4 is 43.2 Å². The van der Waals surface area contributed by atoms with Crippen LogP contribution in [0, 0.1) is 5.82 Å². The van der Waals surface area contributed by atoms with Gasteiger partial charge in [-0.3, -0.25) is 0 Å². The summed E-state index contributed by atoms with van der Waals surface area (Å²) in [4.78, 5) is 0. The lowest BCUT2D eigenvalue weighted by molar-refractivity contribution is 0.547. The second kappa shape index (κ2) is 6.97. The third-order valence-corrected chi connectivity index (χ3v) is 4.80. The van der Waals surface area contributed by atoms with Crippen molar-refractivity contribution in [2.75, 3.05) is 6.54 Å². The number of hydrogen-bond donors (Lipinski definition) is 1. The van der Waals surface area contributed by atoms with Gasteiger partial charge in [-0.25, -0.2) is 4.39 Å². The van der Waals surface area contributed by atoms with E-state index in [9.17, 15) is 4.39 Å². The number of rotatable bonds is 5. The molecule has 2 rings (SSSR count). The van der Waals surface area contributed by atoms with Crippen molar-refractivity contribution in [2.45, 2.75) is 19.4 Å². The molecule has 0 saturated heterocycles. The Hall–Kier alpha value is -0.230. The fourth-order valence-corrected chi connectivity index (χ4v) is 3.49. The average Bonchev–Trinajstić information content (AvgIpc) is 2.80. The highest BCUT2D eigenvalue weighted by molar-refractivity contribution is 9.11. The largest absolute Gasteiger partial charge is 0.306 e. The van der Waals surface area contributed by atoms with Gasteiger partial charge in [-0.15, -0.1) is 11.3 Å². The maximum Gasteiger partial charge on any atom is 0.128 e. The molecule has 102 valence electrons. The molecule has 1 N–H and O–H groups in total. The summed E-state index contributed by atoms with van der Waals surface area (Å²) in [6.07, 6.45) is 1.01. The first-order chi connectivity index (χ1) is 9.11. The molecular formula is C14H14Br2FNS. The van der Waals surface area contributed by atoms with Crippen molar-refractivity contribution in [2.24, 2.45) is 0 Å². The SMILES string of the molecule is CCCNC(c1csc(Br)c1)c1cc(Br)ccc1F. The van der Waals surface area contributed by atoms with Crippen LogP contribution in [0.4, 0.5) is 4.39 Å². The predicted octanol–water partition coefficient (Wildman–Crippen LogP) is 5.50. The van der Waals surface area contributed by atoms with Gasteiger partial charge in [-0.1, -0.05) is 22.9 Å². The van der Waals surface area contributed by atoms with E-state index in [1.54, 1.807) is 17.4 Å². The van der Waals surface area contributed by atoms with Crippen LogP contribution in [0.5, 0.6) is 0 Å². The quantitative estimate of drug-likeness (QED) is 0.690. The van der Waals surface area contributed by atoms with Gasteiger partial charge in [0.25, 0.3) is 0 Å². The first kappa shape index (κ1) is 15.2. The summed E-state index contributed by atoms with van der Waals surface area (Å²) < 4.78 is 16.0. The Bertz CT molecular complexity index is 556. The van der Waals surface area contributed by atoms with Crippen LogP contribution in [-0.4, -0.2) is 6.54 Å². The molecule has 0 aliphatic carbocycles. The molecule has 0 spiro atoms. The number of halogens is 3. The number of hydrogen-bond acceptors (Lipinski definition) is 2. The van der Waals surface area contributed by atoms with Crippen LogP contribution < -0.4 is 5.32 Å². The van der Waals surface area contributed by atoms with E-state index < -0.39 is 0 Å². The normalized spacial score (nSPS) is 12.6. The lowest BCUT2D eigenvalue weighted by Crippen LogP contribution is -2.23. The second-order valence-corrected chi connectivity index (χ2v) is 7.44. The molecule has 2 aromatic rings. The minimum atomic E-state index is -0.181. The summed E-state index contributed by atoms with van der Waals surface area (Å²) in [5.41, 5.74) is 1.76. The van der Waals surface area contributed by atoms with Crippen molar-refractivity contribution in [3.8, 4) is 0 Å². The second-order valence-electron chi connectivity index (χ2n) is 4.24. The summed E-state index contributed by atoms with van der Waals surface area (Å²) in [6, 6.07) is 6.99. The van der Waals surface area contributed by atoms with Gasteiger partial charge in [0.05, 0.1) is 9.83 Å². The molecule has 0 amide bonds. The minimum Gasteiger partial charge on any atom is -0.306 e. The monoisotopic (exact) mass is 405 g/mol. The van der Waals surface area contributed by atoms with Gasteiger partial charge >= 0.3 is 0 Å². The van der Waals surface area contributed by atoms with Crippen molar-refractivity contribution in [1.82, 2.24) is 5.32 Å². The maximum atomic E-state index is 14.1. The minimum absolute atomic E-state index is 0.111. The van der Waals surface area contributed by atoms with Crippen molar-refractivity contribution in [3.63, 3.8) is 0 Å². The molecule has 19 heavy (non-hydrogen) atoms. The van der Waals surface area contributed by atoms with Gasteiger partial charge in [-0.2, -0.15) is 0 Å². The van der Waals surface area contributed by atoms with E-state index in [1.165, 1.54) is 6.07 Å². The molecule has 1 atom stereocenters. The van der Waals surface area contributed by atoms with E-state index >= 15 is 0 Å². The van der Waals surface area contributed by atoms with Crippen LogP contribution >= 0.6 is 43.2 Å². The van der Waals surface area contributed by atoms with Crippen LogP contribution in [0.2, 0.25) is 0 Å². The summed E-state index contributed by atoms with van der Waals surface area (Å²) in [5.74, 6) is -0.181. The predicted molar refractivity (Wildman–Crippen MR) is 86.3 cm³/mol. The Morgan fingerprint density at radius 3 is 2.74 bits per heavy atom. The van der Waals surface area contributed by atoms with Gasteiger partial charge in [0.1, 0.15) is 5.82 Å². The zero-order valence-corrected chi connectivity index (χ0v) is 14.4. The van der Waals surface area contributed by atoms with Gasteiger partial charge in [0, 0.05) is 10.0 Å². The third kappa shape index (κ3) is 3.88. The molecule has 1 unspecified atom stereocenters. The van der Waals surface area contributed by atoms with Crippen molar-refractivity contribution in [3.05, 3.63) is 54.8 Å². The van der Waals surface area contributed by atoms with Crippen LogP contribution in [0.1, 0.15) is 30.5 Å². The van der Waals surface area contributed by atoms with Gasteiger partial charge in [0.2, 0.25) is 0 Å². The summed E-state index contributed by atoms with van der Waals surface area (Å²) >= 11 is 8.48. The Balaban J connectivity index is 2.39. The molecule has 0 fully saturated rings. The smallest absolute Gasteiger partial charge is 0.128 e. The topological polar surface area (TPSA) is 12.0 Å². The third-order valence-electron chi connectivity index (χ3n) is 2.79. The summed E-state index contributed by atoms with van der Waals surface area (Å²) in [7, 11) is 0. The Labute approximate surface area is 133 Å². The molecular weight excluding hydrogens is 393 g/mol. The van der Waals surface area contributed by atoms with Crippen LogP contribution in [-0.2, 0) is 0 Å². The van der Waals surface area contributed by atoms with Crippen LogP contribution in [0.15, 0.2) is 37.9 Å². The maximum absolute atomic E-state index is 14.1. The number of benzene rings is 1. The Morgan fingerprint density at radius 2 is 2.11 bits per heavy atom. The molecule has 5 heteroatoms. The highest BCUT2D eigenvalue weighted by atomic mass is 79.9. The van der Waals surface area contributed by atoms with E-state index in [0.29, 0.717) is 5.56 Å². The fourth-order valence-electron chi connectivity index (χ4n) is 1.91. The lowest BCUT2D eigenvalue weighted by Gasteiger charge is -2.19. The average molecular weight is 407 g/mol. The van der Waals surface area contributed by atoms with Crippen molar-refractivity contribution in [1.29, 1.82) is 0 Å². The Morgan fingerprint density at radius 1 is 1.32 bits per heavy atom. The highest BCUT2D eigenvalue weighted by Gasteiger charge is 2.18. The molecule has 1 nitrogen and oxygen atoms in total. The molecule has 0 radical (unpaired) electrons. The Kier molecular flexibility index (Phi) is 5.57. The van der Waals surface area contributed by atoms with Crippen LogP contribution in [0.3, 0.4) is 0 Å². The van der Waals surface area contributed by atoms with E-state index in [1.807, 2.05) is 12.1 Å². The number of thiophene rings is 1. The first-order valence-electron chi connectivity index (χ1n) is 6.04. The molecule has 0 aliphatic heterocycles. The van der Waals surface area contributed by atoms with Gasteiger partial charge in [0.15, 0.2) is 0 Å². The molecule has 0 saturated carbocycles. The van der Waals surface area contributed by atoms with E-state index in [2.05, 4.69) is 49.5 Å². The highest BCUT2D eigenvalue weighted by Crippen LogP contribution is 2.31. The van der Waals surface area contributed by atoms with E-state index in [-0.39, 0.29) is 11.9 Å². The zero-order valence-electron chi connectivity index (χ0n) is 10.4.